The van der Waals surface area contributed by atoms with Gasteiger partial charge in [0.25, 0.3) is 5.89 Å². The summed E-state index contributed by atoms with van der Waals surface area (Å²) in [5.41, 5.74) is 0. The monoisotopic (exact) mass is 203 g/mol. The lowest BCUT2D eigenvalue weighted by atomic mass is 10.4. The number of aromatic nitrogens is 5. The largest absolute Gasteiger partial charge is 0.459 e. The highest BCUT2D eigenvalue weighted by Crippen LogP contribution is 2.19. The molecule has 0 saturated heterocycles. The normalized spacial score (nSPS) is 10.7. The molecule has 0 unspecified atom stereocenters. The fourth-order valence-electron chi connectivity index (χ4n) is 1.13. The maximum Gasteiger partial charge on any atom is 0.294 e. The van der Waals surface area contributed by atoms with Gasteiger partial charge in [-0.25, -0.2) is 4.98 Å². The van der Waals surface area contributed by atoms with Crippen molar-refractivity contribution in [3.63, 3.8) is 0 Å². The maximum atomic E-state index is 5.11. The van der Waals surface area contributed by atoms with Crippen LogP contribution in [0, 0.1) is 0 Å². The predicted octanol–water partition coefficient (Wildman–Crippen LogP) is 1.11. The summed E-state index contributed by atoms with van der Waals surface area (Å²) in [5.74, 6) is 1.63. The Bertz CT molecular complexity index is 491. The summed E-state index contributed by atoms with van der Waals surface area (Å²) in [5, 5.41) is 10.1. The number of H-pyrrole nitrogens is 1. The molecule has 7 nitrogen and oxygen atoms in total. The van der Waals surface area contributed by atoms with Gasteiger partial charge in [0.15, 0.2) is 11.6 Å². The Morgan fingerprint density at radius 3 is 3.07 bits per heavy atom. The third kappa shape index (κ3) is 1.30. The Morgan fingerprint density at radius 1 is 1.33 bits per heavy atom. The van der Waals surface area contributed by atoms with Crippen molar-refractivity contribution in [1.82, 2.24) is 25.3 Å². The van der Waals surface area contributed by atoms with Crippen LogP contribution in [0.25, 0.3) is 23.3 Å². The van der Waals surface area contributed by atoms with Crippen molar-refractivity contribution in [2.75, 3.05) is 0 Å². The zero-order chi connectivity index (χ0) is 10.1. The van der Waals surface area contributed by atoms with E-state index in [0.717, 1.165) is 0 Å². The molecule has 0 fully saturated rings. The molecule has 3 aromatic heterocycles. The summed E-state index contributed by atoms with van der Waals surface area (Å²) in [4.78, 5) is 7.99. The second-order valence-corrected chi connectivity index (χ2v) is 2.73. The number of hydrogen-bond acceptors (Lipinski definition) is 6. The average Bonchev–Trinajstić information content (AvgIpc) is 3.02. The molecule has 0 radical (unpaired) electrons. The standard InChI is InChI=1S/C8H5N5O2/c1-2-5(14-3-1)8-11-7(13-15-8)6-9-4-10-12-6/h1-4H,(H,9,10,12). The Hall–Kier alpha value is -2.44. The van der Waals surface area contributed by atoms with E-state index in [1.165, 1.54) is 12.6 Å². The fourth-order valence-corrected chi connectivity index (χ4v) is 1.13. The van der Waals surface area contributed by atoms with Crippen LogP contribution in [0.4, 0.5) is 0 Å². The molecule has 0 aromatic carbocycles. The van der Waals surface area contributed by atoms with Gasteiger partial charge in [-0.05, 0) is 12.1 Å². The van der Waals surface area contributed by atoms with Crippen LogP contribution in [0.3, 0.4) is 0 Å². The van der Waals surface area contributed by atoms with Gasteiger partial charge in [0, 0.05) is 0 Å². The second-order valence-electron chi connectivity index (χ2n) is 2.73. The average molecular weight is 203 g/mol. The van der Waals surface area contributed by atoms with E-state index in [0.29, 0.717) is 23.3 Å². The lowest BCUT2D eigenvalue weighted by Gasteiger charge is -1.82. The van der Waals surface area contributed by atoms with Gasteiger partial charge >= 0.3 is 0 Å². The lowest BCUT2D eigenvalue weighted by molar-refractivity contribution is 0.416. The van der Waals surface area contributed by atoms with Gasteiger partial charge in [-0.1, -0.05) is 5.16 Å². The Morgan fingerprint density at radius 2 is 2.33 bits per heavy atom. The molecule has 0 saturated carbocycles. The van der Waals surface area contributed by atoms with Crippen molar-refractivity contribution in [2.45, 2.75) is 0 Å². The van der Waals surface area contributed by atoms with Gasteiger partial charge < -0.3 is 8.94 Å². The molecule has 0 aliphatic heterocycles. The van der Waals surface area contributed by atoms with Crippen molar-refractivity contribution in [2.24, 2.45) is 0 Å². The lowest BCUT2D eigenvalue weighted by Crippen LogP contribution is -1.82. The molecule has 74 valence electrons. The van der Waals surface area contributed by atoms with Gasteiger partial charge in [-0.15, -0.1) is 0 Å². The summed E-state index contributed by atoms with van der Waals surface area (Å²) in [6, 6.07) is 3.48. The molecule has 0 amide bonds. The SMILES string of the molecule is c1coc(-c2nc(-c3ncn[nH]3)no2)c1. The van der Waals surface area contributed by atoms with E-state index < -0.39 is 0 Å². The zero-order valence-electron chi connectivity index (χ0n) is 7.41. The highest BCUT2D eigenvalue weighted by Gasteiger charge is 2.13. The third-order valence-electron chi connectivity index (χ3n) is 1.78. The number of furan rings is 1. The van der Waals surface area contributed by atoms with E-state index in [1.54, 1.807) is 12.1 Å². The molecule has 0 aliphatic carbocycles. The van der Waals surface area contributed by atoms with Crippen molar-refractivity contribution in [3.8, 4) is 23.3 Å². The van der Waals surface area contributed by atoms with E-state index in [4.69, 9.17) is 8.94 Å². The molecule has 15 heavy (non-hydrogen) atoms. The molecule has 3 heterocycles. The van der Waals surface area contributed by atoms with Crippen LogP contribution >= 0.6 is 0 Å². The van der Waals surface area contributed by atoms with E-state index in [9.17, 15) is 0 Å². The van der Waals surface area contributed by atoms with Gasteiger partial charge in [0.1, 0.15) is 6.33 Å². The van der Waals surface area contributed by atoms with E-state index >= 15 is 0 Å². The van der Waals surface area contributed by atoms with Crippen LogP contribution in [0.2, 0.25) is 0 Å². The minimum Gasteiger partial charge on any atom is -0.459 e. The predicted molar refractivity (Wildman–Crippen MR) is 47.4 cm³/mol. The Balaban J connectivity index is 2.02. The molecule has 3 aromatic rings. The molecule has 3 rings (SSSR count). The summed E-state index contributed by atoms with van der Waals surface area (Å²) in [7, 11) is 0. The quantitative estimate of drug-likeness (QED) is 0.670. The number of nitrogens with one attached hydrogen (secondary N) is 1. The van der Waals surface area contributed by atoms with Crippen LogP contribution in [-0.4, -0.2) is 25.3 Å². The Kier molecular flexibility index (Phi) is 1.61. The molecule has 7 heteroatoms. The van der Waals surface area contributed by atoms with Crippen LogP contribution in [0.1, 0.15) is 0 Å². The van der Waals surface area contributed by atoms with Crippen LogP contribution < -0.4 is 0 Å². The number of aromatic amines is 1. The number of nitrogens with zero attached hydrogens (tertiary/aromatic N) is 4. The van der Waals surface area contributed by atoms with Crippen molar-refractivity contribution in [1.29, 1.82) is 0 Å². The van der Waals surface area contributed by atoms with Crippen LogP contribution in [-0.2, 0) is 0 Å². The van der Waals surface area contributed by atoms with Gasteiger partial charge in [0.2, 0.25) is 5.82 Å². The van der Waals surface area contributed by atoms with Gasteiger partial charge in [-0.3, -0.25) is 5.10 Å². The minimum absolute atomic E-state index is 0.311. The molecular formula is C8H5N5O2. The van der Waals surface area contributed by atoms with Crippen molar-refractivity contribution in [3.05, 3.63) is 24.7 Å². The first kappa shape index (κ1) is 7.92. The summed E-state index contributed by atoms with van der Waals surface area (Å²) < 4.78 is 10.1. The molecular weight excluding hydrogens is 198 g/mol. The van der Waals surface area contributed by atoms with Gasteiger partial charge in [-0.2, -0.15) is 10.1 Å². The zero-order valence-corrected chi connectivity index (χ0v) is 7.41. The summed E-state index contributed by atoms with van der Waals surface area (Å²) in [6.07, 6.45) is 2.91. The first-order valence-corrected chi connectivity index (χ1v) is 4.17. The Labute approximate surface area is 83.1 Å². The minimum atomic E-state index is 0.311. The highest BCUT2D eigenvalue weighted by atomic mass is 16.5. The van der Waals surface area contributed by atoms with Crippen molar-refractivity contribution < 1.29 is 8.94 Å². The number of rotatable bonds is 2. The smallest absolute Gasteiger partial charge is 0.294 e. The molecule has 0 aliphatic rings. The van der Waals surface area contributed by atoms with E-state index in [-0.39, 0.29) is 0 Å². The molecule has 1 N–H and O–H groups in total. The summed E-state index contributed by atoms with van der Waals surface area (Å²) in [6.45, 7) is 0. The van der Waals surface area contributed by atoms with E-state index in [2.05, 4.69) is 25.3 Å². The fraction of sp³-hybridized carbons (Fsp3) is 0. The van der Waals surface area contributed by atoms with Crippen LogP contribution in [0.5, 0.6) is 0 Å². The number of hydrogen-bond donors (Lipinski definition) is 1. The molecule has 0 bridgehead atoms. The highest BCUT2D eigenvalue weighted by molar-refractivity contribution is 5.49. The first-order chi connectivity index (χ1) is 7.43. The maximum absolute atomic E-state index is 5.11. The molecule has 0 atom stereocenters. The third-order valence-corrected chi connectivity index (χ3v) is 1.78. The van der Waals surface area contributed by atoms with Crippen molar-refractivity contribution >= 4 is 0 Å². The topological polar surface area (TPSA) is 93.6 Å². The summed E-state index contributed by atoms with van der Waals surface area (Å²) >= 11 is 0. The second kappa shape index (κ2) is 3.05. The molecule has 0 spiro atoms. The first-order valence-electron chi connectivity index (χ1n) is 4.17. The van der Waals surface area contributed by atoms with Gasteiger partial charge in [0.05, 0.1) is 6.26 Å². The van der Waals surface area contributed by atoms with Crippen LogP contribution in [0.15, 0.2) is 33.7 Å². The van der Waals surface area contributed by atoms with E-state index in [1.807, 2.05) is 0 Å².